The second kappa shape index (κ2) is 5.51. The van der Waals surface area contributed by atoms with E-state index in [1.165, 1.54) is 36.8 Å². The van der Waals surface area contributed by atoms with Crippen molar-refractivity contribution in [2.24, 2.45) is 11.8 Å². The molecule has 3 heteroatoms. The average molecular weight is 260 g/mol. The van der Waals surface area contributed by atoms with Crippen molar-refractivity contribution in [3.63, 3.8) is 0 Å². The molecular formula is C16H24N2O. The van der Waals surface area contributed by atoms with Crippen molar-refractivity contribution < 1.29 is 5.11 Å². The third-order valence-corrected chi connectivity index (χ3v) is 4.92. The molecule has 0 aliphatic heterocycles. The lowest BCUT2D eigenvalue weighted by Gasteiger charge is -2.21. The molecule has 0 amide bonds. The van der Waals surface area contributed by atoms with Crippen LogP contribution < -0.4 is 11.1 Å². The molecule has 104 valence electrons. The highest BCUT2D eigenvalue weighted by Crippen LogP contribution is 2.34. The Morgan fingerprint density at radius 2 is 2.05 bits per heavy atom. The number of benzene rings is 1. The van der Waals surface area contributed by atoms with Gasteiger partial charge in [0.05, 0.1) is 0 Å². The highest BCUT2D eigenvalue weighted by molar-refractivity contribution is 5.47. The summed E-state index contributed by atoms with van der Waals surface area (Å²) in [5, 5.41) is 13.1. The summed E-state index contributed by atoms with van der Waals surface area (Å²) in [6.45, 7) is 1.39. The Kier molecular flexibility index (Phi) is 3.76. The monoisotopic (exact) mass is 260 g/mol. The number of hydrogen-bond acceptors (Lipinski definition) is 3. The van der Waals surface area contributed by atoms with E-state index < -0.39 is 0 Å². The predicted octanol–water partition coefficient (Wildman–Crippen LogP) is 2.25. The van der Waals surface area contributed by atoms with Crippen LogP contribution in [0.5, 0.6) is 0 Å². The van der Waals surface area contributed by atoms with Gasteiger partial charge >= 0.3 is 0 Å². The zero-order chi connectivity index (χ0) is 13.2. The summed E-state index contributed by atoms with van der Waals surface area (Å²) in [4.78, 5) is 0. The highest BCUT2D eigenvalue weighted by atomic mass is 16.3. The van der Waals surface area contributed by atoms with E-state index in [1.807, 2.05) is 6.07 Å². The molecule has 0 bridgehead atoms. The number of anilines is 1. The Bertz CT molecular complexity index is 446. The zero-order valence-electron chi connectivity index (χ0n) is 11.4. The van der Waals surface area contributed by atoms with E-state index in [-0.39, 0.29) is 0 Å². The molecule has 4 N–H and O–H groups in total. The maximum Gasteiger partial charge on any atom is 0.0462 e. The van der Waals surface area contributed by atoms with E-state index in [2.05, 4.69) is 17.4 Å². The summed E-state index contributed by atoms with van der Waals surface area (Å²) in [5.41, 5.74) is 9.54. The molecule has 0 radical (unpaired) electrons. The van der Waals surface area contributed by atoms with Gasteiger partial charge in [0.25, 0.3) is 0 Å². The van der Waals surface area contributed by atoms with Gasteiger partial charge in [-0.3, -0.25) is 0 Å². The van der Waals surface area contributed by atoms with Crippen molar-refractivity contribution in [3.05, 3.63) is 29.3 Å². The molecule has 0 saturated heterocycles. The lowest BCUT2D eigenvalue weighted by atomic mass is 9.96. The van der Waals surface area contributed by atoms with Crippen molar-refractivity contribution in [1.82, 2.24) is 5.32 Å². The number of aryl methyl sites for hydroxylation is 1. The topological polar surface area (TPSA) is 58.3 Å². The lowest BCUT2D eigenvalue weighted by Crippen LogP contribution is -2.29. The molecule has 19 heavy (non-hydrogen) atoms. The minimum absolute atomic E-state index is 0.351. The van der Waals surface area contributed by atoms with Crippen LogP contribution >= 0.6 is 0 Å². The first kappa shape index (κ1) is 12.9. The third kappa shape index (κ3) is 2.63. The molecule has 1 aromatic carbocycles. The molecule has 3 nitrogen and oxygen atoms in total. The second-order valence-electron chi connectivity index (χ2n) is 6.09. The summed E-state index contributed by atoms with van der Waals surface area (Å²) in [7, 11) is 0. The number of aliphatic hydroxyl groups is 1. The van der Waals surface area contributed by atoms with Crippen LogP contribution in [0.1, 0.15) is 42.9 Å². The van der Waals surface area contributed by atoms with Gasteiger partial charge in [0.2, 0.25) is 0 Å². The molecule has 1 aromatic rings. The van der Waals surface area contributed by atoms with Crippen LogP contribution in [0.2, 0.25) is 0 Å². The largest absolute Gasteiger partial charge is 0.399 e. The van der Waals surface area contributed by atoms with E-state index in [4.69, 9.17) is 5.73 Å². The normalized spacial score (nSPS) is 29.6. The quantitative estimate of drug-likeness (QED) is 0.728. The van der Waals surface area contributed by atoms with Crippen LogP contribution in [-0.2, 0) is 6.42 Å². The van der Waals surface area contributed by atoms with Crippen LogP contribution in [-0.4, -0.2) is 18.3 Å². The average Bonchev–Trinajstić information content (AvgIpc) is 3.01. The van der Waals surface area contributed by atoms with Gasteiger partial charge in [0.15, 0.2) is 0 Å². The fourth-order valence-corrected chi connectivity index (χ4v) is 3.77. The Morgan fingerprint density at radius 3 is 2.89 bits per heavy atom. The van der Waals surface area contributed by atoms with Gasteiger partial charge in [0, 0.05) is 18.3 Å². The minimum Gasteiger partial charge on any atom is -0.399 e. The molecule has 0 heterocycles. The fourth-order valence-electron chi connectivity index (χ4n) is 3.77. The number of nitrogens with one attached hydrogen (secondary N) is 1. The van der Waals surface area contributed by atoms with Crippen molar-refractivity contribution in [2.45, 2.75) is 38.1 Å². The molecular weight excluding hydrogens is 236 g/mol. The maximum atomic E-state index is 9.38. The smallest absolute Gasteiger partial charge is 0.0462 e. The number of hydrogen-bond donors (Lipinski definition) is 3. The highest BCUT2D eigenvalue weighted by Gasteiger charge is 2.28. The van der Waals surface area contributed by atoms with Crippen molar-refractivity contribution in [2.75, 3.05) is 18.9 Å². The molecule has 2 aliphatic rings. The minimum atomic E-state index is 0.351. The van der Waals surface area contributed by atoms with Crippen LogP contribution in [0.3, 0.4) is 0 Å². The predicted molar refractivity (Wildman–Crippen MR) is 77.8 cm³/mol. The van der Waals surface area contributed by atoms with Crippen molar-refractivity contribution >= 4 is 5.69 Å². The van der Waals surface area contributed by atoms with E-state index in [1.54, 1.807) is 0 Å². The Labute approximate surface area is 115 Å². The number of rotatable bonds is 4. The molecule has 3 rings (SSSR count). The van der Waals surface area contributed by atoms with Crippen molar-refractivity contribution in [3.8, 4) is 0 Å². The number of nitrogens with two attached hydrogens (primary N) is 1. The summed E-state index contributed by atoms with van der Waals surface area (Å²) >= 11 is 0. The summed E-state index contributed by atoms with van der Waals surface area (Å²) < 4.78 is 0. The Hall–Kier alpha value is -1.06. The maximum absolute atomic E-state index is 9.38. The summed E-state index contributed by atoms with van der Waals surface area (Å²) in [6.07, 6.45) is 6.04. The molecule has 0 aromatic heterocycles. The van der Waals surface area contributed by atoms with E-state index in [0.29, 0.717) is 24.5 Å². The zero-order valence-corrected chi connectivity index (χ0v) is 11.4. The molecule has 2 aliphatic carbocycles. The SMILES string of the molecule is Nc1ccc2c(c1)CCC2NCC1CCCC1CO. The van der Waals surface area contributed by atoms with E-state index >= 15 is 0 Å². The molecule has 1 saturated carbocycles. The number of aliphatic hydroxyl groups excluding tert-OH is 1. The van der Waals surface area contributed by atoms with Gasteiger partial charge < -0.3 is 16.2 Å². The Morgan fingerprint density at radius 1 is 1.21 bits per heavy atom. The van der Waals surface area contributed by atoms with E-state index in [9.17, 15) is 5.11 Å². The van der Waals surface area contributed by atoms with Gasteiger partial charge in [-0.25, -0.2) is 0 Å². The van der Waals surface area contributed by atoms with Gasteiger partial charge in [-0.05, 0) is 67.3 Å². The van der Waals surface area contributed by atoms with Crippen molar-refractivity contribution in [1.29, 1.82) is 0 Å². The number of nitrogen functional groups attached to an aromatic ring is 1. The molecule has 3 unspecified atom stereocenters. The van der Waals surface area contributed by atoms with Crippen LogP contribution in [0, 0.1) is 11.8 Å². The first-order valence-corrected chi connectivity index (χ1v) is 7.50. The van der Waals surface area contributed by atoms with Crippen LogP contribution in [0.15, 0.2) is 18.2 Å². The Balaban J connectivity index is 1.61. The first-order chi connectivity index (χ1) is 9.28. The summed E-state index contributed by atoms with van der Waals surface area (Å²) in [5.74, 6) is 1.17. The summed E-state index contributed by atoms with van der Waals surface area (Å²) in [6, 6.07) is 6.78. The van der Waals surface area contributed by atoms with Crippen LogP contribution in [0.25, 0.3) is 0 Å². The molecule has 3 atom stereocenters. The first-order valence-electron chi connectivity index (χ1n) is 7.50. The number of fused-ring (bicyclic) bond motifs is 1. The van der Waals surface area contributed by atoms with E-state index in [0.717, 1.165) is 18.7 Å². The standard InChI is InChI=1S/C16H24N2O/c17-14-5-6-15-11(8-14)4-7-16(15)18-9-12-2-1-3-13(12)10-19/h5-6,8,12-13,16,18-19H,1-4,7,9-10,17H2. The fraction of sp³-hybridized carbons (Fsp3) is 0.625. The van der Waals surface area contributed by atoms with Gasteiger partial charge in [-0.2, -0.15) is 0 Å². The van der Waals surface area contributed by atoms with Gasteiger partial charge in [0.1, 0.15) is 0 Å². The van der Waals surface area contributed by atoms with Crippen LogP contribution in [0.4, 0.5) is 5.69 Å². The van der Waals surface area contributed by atoms with Gasteiger partial charge in [-0.1, -0.05) is 12.5 Å². The second-order valence-corrected chi connectivity index (χ2v) is 6.09. The lowest BCUT2D eigenvalue weighted by molar-refractivity contribution is 0.190. The third-order valence-electron chi connectivity index (χ3n) is 4.92. The molecule has 1 fully saturated rings. The van der Waals surface area contributed by atoms with Gasteiger partial charge in [-0.15, -0.1) is 0 Å². The molecule has 0 spiro atoms.